The van der Waals surface area contributed by atoms with Gasteiger partial charge in [-0.25, -0.2) is 5.10 Å². The van der Waals surface area contributed by atoms with E-state index in [0.29, 0.717) is 11.6 Å². The molecule has 0 aliphatic rings. The lowest BCUT2D eigenvalue weighted by Gasteiger charge is -2.01. The molecule has 2 aromatic rings. The highest BCUT2D eigenvalue weighted by molar-refractivity contribution is 5.58. The minimum Gasteiger partial charge on any atom is -0.399 e. The van der Waals surface area contributed by atoms with Crippen molar-refractivity contribution >= 4 is 17.3 Å². The van der Waals surface area contributed by atoms with Crippen LogP contribution in [0, 0.1) is 0 Å². The van der Waals surface area contributed by atoms with Gasteiger partial charge >= 0.3 is 0 Å². The summed E-state index contributed by atoms with van der Waals surface area (Å²) in [5, 5.41) is 16.1. The number of hydrogen-bond donors (Lipinski definition) is 3. The van der Waals surface area contributed by atoms with E-state index in [1.165, 1.54) is 0 Å². The Bertz CT molecular complexity index is 382. The fourth-order valence-corrected chi connectivity index (χ4v) is 0.965. The molecule has 0 amide bonds. The van der Waals surface area contributed by atoms with E-state index >= 15 is 0 Å². The first-order chi connectivity index (χ1) is 6.34. The molecule has 0 unspecified atom stereocenters. The Balaban J connectivity index is 2.19. The van der Waals surface area contributed by atoms with E-state index in [1.54, 1.807) is 6.07 Å². The molecule has 6 heteroatoms. The number of aromatic amines is 1. The highest BCUT2D eigenvalue weighted by atomic mass is 15.5. The molecule has 0 fully saturated rings. The van der Waals surface area contributed by atoms with Gasteiger partial charge in [0, 0.05) is 11.4 Å². The van der Waals surface area contributed by atoms with Gasteiger partial charge in [-0.2, -0.15) is 0 Å². The maximum atomic E-state index is 5.59. The van der Waals surface area contributed by atoms with Crippen molar-refractivity contribution in [2.45, 2.75) is 0 Å². The summed E-state index contributed by atoms with van der Waals surface area (Å²) in [7, 11) is 0. The molecular weight excluding hydrogens is 168 g/mol. The van der Waals surface area contributed by atoms with Crippen LogP contribution in [0.2, 0.25) is 0 Å². The summed E-state index contributed by atoms with van der Waals surface area (Å²) in [6.07, 6.45) is 0. The second kappa shape index (κ2) is 3.10. The molecule has 0 bridgehead atoms. The van der Waals surface area contributed by atoms with Gasteiger partial charge in [0.05, 0.1) is 0 Å². The lowest BCUT2D eigenvalue weighted by molar-refractivity contribution is 0.881. The number of H-pyrrole nitrogens is 1. The molecule has 1 heterocycles. The summed E-state index contributed by atoms with van der Waals surface area (Å²) in [5.74, 6) is 0.491. The van der Waals surface area contributed by atoms with Gasteiger partial charge in [-0.05, 0) is 28.6 Å². The van der Waals surface area contributed by atoms with Crippen LogP contribution in [0.4, 0.5) is 17.3 Å². The molecule has 0 aliphatic heterocycles. The summed E-state index contributed by atoms with van der Waals surface area (Å²) in [6, 6.07) is 7.33. The standard InChI is InChI=1S/C7H8N6/c8-5-2-1-3-6(4-5)9-7-10-12-13-11-7/h1-4H,8H2,(H2,9,10,11,12,13). The largest absolute Gasteiger partial charge is 0.399 e. The Morgan fingerprint density at radius 3 is 3.00 bits per heavy atom. The van der Waals surface area contributed by atoms with Crippen LogP contribution < -0.4 is 11.1 Å². The first-order valence-corrected chi connectivity index (χ1v) is 3.71. The van der Waals surface area contributed by atoms with Crippen LogP contribution in [0.15, 0.2) is 24.3 Å². The number of anilines is 3. The topological polar surface area (TPSA) is 92.5 Å². The molecule has 13 heavy (non-hydrogen) atoms. The maximum Gasteiger partial charge on any atom is 0.244 e. The Labute approximate surface area is 74.2 Å². The van der Waals surface area contributed by atoms with Gasteiger partial charge in [0.1, 0.15) is 0 Å². The van der Waals surface area contributed by atoms with Crippen molar-refractivity contribution in [3.63, 3.8) is 0 Å². The van der Waals surface area contributed by atoms with Crippen LogP contribution in [0.25, 0.3) is 0 Å². The molecule has 0 saturated heterocycles. The van der Waals surface area contributed by atoms with E-state index in [-0.39, 0.29) is 0 Å². The Hall–Kier alpha value is -2.11. The van der Waals surface area contributed by atoms with Gasteiger partial charge in [-0.1, -0.05) is 11.2 Å². The van der Waals surface area contributed by atoms with Gasteiger partial charge in [-0.15, -0.1) is 0 Å². The van der Waals surface area contributed by atoms with Crippen LogP contribution in [-0.4, -0.2) is 20.6 Å². The summed E-state index contributed by atoms with van der Waals surface area (Å²) in [5.41, 5.74) is 7.12. The molecule has 0 aliphatic carbocycles. The third-order valence-corrected chi connectivity index (χ3v) is 1.49. The summed E-state index contributed by atoms with van der Waals surface area (Å²) in [6.45, 7) is 0. The van der Waals surface area contributed by atoms with Crippen molar-refractivity contribution in [2.24, 2.45) is 0 Å². The molecule has 4 N–H and O–H groups in total. The van der Waals surface area contributed by atoms with Gasteiger partial charge in [0.25, 0.3) is 0 Å². The number of nitrogens with one attached hydrogen (secondary N) is 2. The van der Waals surface area contributed by atoms with Gasteiger partial charge in [0.15, 0.2) is 0 Å². The fraction of sp³-hybridized carbons (Fsp3) is 0. The third-order valence-electron chi connectivity index (χ3n) is 1.49. The number of nitrogens with two attached hydrogens (primary N) is 1. The molecule has 0 atom stereocenters. The van der Waals surface area contributed by atoms with Crippen LogP contribution in [-0.2, 0) is 0 Å². The fourth-order valence-electron chi connectivity index (χ4n) is 0.965. The second-order valence-electron chi connectivity index (χ2n) is 2.50. The lowest BCUT2D eigenvalue weighted by Crippen LogP contribution is -1.93. The van der Waals surface area contributed by atoms with Crippen LogP contribution in [0.3, 0.4) is 0 Å². The zero-order valence-corrected chi connectivity index (χ0v) is 6.73. The number of tetrazole rings is 1. The molecule has 2 rings (SSSR count). The average Bonchev–Trinajstić information content (AvgIpc) is 2.57. The highest BCUT2D eigenvalue weighted by Crippen LogP contribution is 2.14. The maximum absolute atomic E-state index is 5.59. The smallest absolute Gasteiger partial charge is 0.244 e. The number of benzene rings is 1. The van der Waals surface area contributed by atoms with Crippen LogP contribution >= 0.6 is 0 Å². The van der Waals surface area contributed by atoms with Crippen LogP contribution in [0.1, 0.15) is 0 Å². The molecule has 0 saturated carbocycles. The van der Waals surface area contributed by atoms with Gasteiger partial charge in [0.2, 0.25) is 5.95 Å². The van der Waals surface area contributed by atoms with E-state index in [0.717, 1.165) is 5.69 Å². The Morgan fingerprint density at radius 1 is 1.38 bits per heavy atom. The highest BCUT2D eigenvalue weighted by Gasteiger charge is 1.96. The molecule has 66 valence electrons. The average molecular weight is 176 g/mol. The lowest BCUT2D eigenvalue weighted by atomic mass is 10.3. The van der Waals surface area contributed by atoms with E-state index in [4.69, 9.17) is 5.73 Å². The SMILES string of the molecule is Nc1cccc(Nc2nnn[nH]2)c1. The van der Waals surface area contributed by atoms with Crippen molar-refractivity contribution in [2.75, 3.05) is 11.1 Å². The molecule has 1 aromatic heterocycles. The van der Waals surface area contributed by atoms with Crippen molar-refractivity contribution < 1.29 is 0 Å². The van der Waals surface area contributed by atoms with Crippen molar-refractivity contribution in [1.82, 2.24) is 20.6 Å². The number of nitrogen functional groups attached to an aromatic ring is 1. The third kappa shape index (κ3) is 1.73. The quantitative estimate of drug-likeness (QED) is 0.580. The van der Waals surface area contributed by atoms with E-state index in [9.17, 15) is 0 Å². The summed E-state index contributed by atoms with van der Waals surface area (Å²) >= 11 is 0. The zero-order valence-electron chi connectivity index (χ0n) is 6.73. The van der Waals surface area contributed by atoms with Crippen LogP contribution in [0.5, 0.6) is 0 Å². The molecule has 0 spiro atoms. The Kier molecular flexibility index (Phi) is 1.79. The first kappa shape index (κ1) is 7.53. The van der Waals surface area contributed by atoms with E-state index in [1.807, 2.05) is 18.2 Å². The minimum absolute atomic E-state index is 0.491. The van der Waals surface area contributed by atoms with Gasteiger partial charge < -0.3 is 11.1 Å². The van der Waals surface area contributed by atoms with E-state index < -0.39 is 0 Å². The monoisotopic (exact) mass is 176 g/mol. The van der Waals surface area contributed by atoms with Crippen molar-refractivity contribution in [3.05, 3.63) is 24.3 Å². The predicted octanol–water partition coefficient (Wildman–Crippen LogP) is 0.526. The summed E-state index contributed by atoms with van der Waals surface area (Å²) in [4.78, 5) is 0. The molecule has 6 nitrogen and oxygen atoms in total. The normalized spacial score (nSPS) is 9.85. The predicted molar refractivity (Wildman–Crippen MR) is 48.3 cm³/mol. The molecular formula is C7H8N6. The van der Waals surface area contributed by atoms with E-state index in [2.05, 4.69) is 25.9 Å². The molecule has 1 aromatic carbocycles. The Morgan fingerprint density at radius 2 is 2.31 bits per heavy atom. The van der Waals surface area contributed by atoms with Crippen molar-refractivity contribution in [3.8, 4) is 0 Å². The minimum atomic E-state index is 0.491. The molecule has 0 radical (unpaired) electrons. The number of aromatic nitrogens is 4. The number of hydrogen-bond acceptors (Lipinski definition) is 5. The number of nitrogens with zero attached hydrogens (tertiary/aromatic N) is 3. The van der Waals surface area contributed by atoms with Gasteiger partial charge in [-0.3, -0.25) is 0 Å². The number of rotatable bonds is 2. The second-order valence-corrected chi connectivity index (χ2v) is 2.50. The first-order valence-electron chi connectivity index (χ1n) is 3.71. The summed E-state index contributed by atoms with van der Waals surface area (Å²) < 4.78 is 0. The zero-order chi connectivity index (χ0) is 9.10. The van der Waals surface area contributed by atoms with Crippen molar-refractivity contribution in [1.29, 1.82) is 0 Å².